The number of rotatable bonds is 4. The summed E-state index contributed by atoms with van der Waals surface area (Å²) in [7, 11) is 0. The van der Waals surface area contributed by atoms with Gasteiger partial charge in [0.05, 0.1) is 17.8 Å². The maximum atomic E-state index is 13.2. The number of ketones is 1. The zero-order valence-corrected chi connectivity index (χ0v) is 17.5. The van der Waals surface area contributed by atoms with Crippen molar-refractivity contribution < 1.29 is 14.3 Å². The fourth-order valence-electron chi connectivity index (χ4n) is 4.00. The summed E-state index contributed by atoms with van der Waals surface area (Å²) in [6.45, 7) is 8.30. The average molecular weight is 391 g/mol. The molecule has 5 nitrogen and oxygen atoms in total. The maximum Gasteiger partial charge on any atom is 0.320 e. The molecular formula is C21H30N2O3S. The number of amides is 2. The van der Waals surface area contributed by atoms with E-state index in [9.17, 15) is 9.59 Å². The molecule has 2 N–H and O–H groups in total. The molecule has 0 radical (unpaired) electrons. The van der Waals surface area contributed by atoms with E-state index in [2.05, 4.69) is 31.4 Å². The molecule has 2 bridgehead atoms. The number of Topliss-reactive ketones (excluding diaryl/α,β-unsaturated/α-hetero) is 1. The molecule has 3 atom stereocenters. The van der Waals surface area contributed by atoms with E-state index in [-0.39, 0.29) is 41.4 Å². The minimum Gasteiger partial charge on any atom is -0.369 e. The lowest BCUT2D eigenvalue weighted by Crippen LogP contribution is -2.43. The van der Waals surface area contributed by atoms with Gasteiger partial charge in [-0.05, 0) is 43.6 Å². The monoisotopic (exact) mass is 390 g/mol. The molecule has 3 aliphatic rings. The van der Waals surface area contributed by atoms with Gasteiger partial charge in [0.15, 0.2) is 5.78 Å². The van der Waals surface area contributed by atoms with Crippen molar-refractivity contribution in [3.8, 4) is 0 Å². The van der Waals surface area contributed by atoms with E-state index in [1.165, 1.54) is 0 Å². The van der Waals surface area contributed by atoms with Crippen LogP contribution in [0.15, 0.2) is 0 Å². The van der Waals surface area contributed by atoms with Gasteiger partial charge in [-0.15, -0.1) is 11.3 Å². The molecular weight excluding hydrogens is 360 g/mol. The van der Waals surface area contributed by atoms with Crippen LogP contribution in [0.5, 0.6) is 0 Å². The Hall–Kier alpha value is -1.40. The van der Waals surface area contributed by atoms with E-state index in [0.717, 1.165) is 54.5 Å². The molecule has 1 aromatic heterocycles. The molecule has 1 aromatic rings. The van der Waals surface area contributed by atoms with Gasteiger partial charge in [0, 0.05) is 23.3 Å². The van der Waals surface area contributed by atoms with Gasteiger partial charge in [-0.1, -0.05) is 27.2 Å². The quantitative estimate of drug-likeness (QED) is 0.706. The minimum absolute atomic E-state index is 0.0242. The average Bonchev–Trinajstić information content (AvgIpc) is 3.07. The second-order valence-electron chi connectivity index (χ2n) is 9.36. The Kier molecular flexibility index (Phi) is 4.83. The number of carbonyl (C=O) groups is 2. The number of anilines is 1. The Balaban J connectivity index is 1.61. The zero-order chi connectivity index (χ0) is 19.3. The van der Waals surface area contributed by atoms with E-state index in [1.807, 2.05) is 6.92 Å². The van der Waals surface area contributed by atoms with E-state index < -0.39 is 0 Å². The van der Waals surface area contributed by atoms with E-state index in [1.54, 1.807) is 11.3 Å². The summed E-state index contributed by atoms with van der Waals surface area (Å²) in [5.74, 6) is 0.348. The first-order valence-electron chi connectivity index (χ1n) is 10.2. The fraction of sp³-hybridized carbons (Fsp3) is 0.714. The molecule has 1 aliphatic carbocycles. The number of hydrogen-bond acceptors (Lipinski definition) is 4. The molecule has 0 aromatic carbocycles. The first-order valence-corrected chi connectivity index (χ1v) is 11.0. The van der Waals surface area contributed by atoms with Crippen LogP contribution in [0.3, 0.4) is 0 Å². The topological polar surface area (TPSA) is 67.4 Å². The first kappa shape index (κ1) is 18.9. The number of thiophene rings is 1. The molecule has 1 saturated heterocycles. The second-order valence-corrected chi connectivity index (χ2v) is 10.4. The molecule has 2 aliphatic heterocycles. The van der Waals surface area contributed by atoms with Crippen LogP contribution in [0.2, 0.25) is 0 Å². The summed E-state index contributed by atoms with van der Waals surface area (Å²) in [4.78, 5) is 26.9. The number of ether oxygens (including phenoxy) is 1. The summed E-state index contributed by atoms with van der Waals surface area (Å²) in [6.07, 6.45) is 6.29. The molecule has 27 heavy (non-hydrogen) atoms. The molecule has 2 fully saturated rings. The van der Waals surface area contributed by atoms with Crippen molar-refractivity contribution in [1.29, 1.82) is 0 Å². The number of hydrogen-bond donors (Lipinski definition) is 2. The van der Waals surface area contributed by atoms with Gasteiger partial charge in [-0.25, -0.2) is 4.79 Å². The number of nitrogens with one attached hydrogen (secondary N) is 2. The lowest BCUT2D eigenvalue weighted by Gasteiger charge is -2.28. The molecule has 148 valence electrons. The molecule has 3 unspecified atom stereocenters. The zero-order valence-electron chi connectivity index (χ0n) is 16.7. The SMILES string of the molecule is CC(NC(=O)Nc1sc2c(c1C(=O)C1CCC1)CC1CCC2O1)C(C)(C)C. The number of urea groups is 1. The lowest BCUT2D eigenvalue weighted by atomic mass is 9.79. The fourth-order valence-corrected chi connectivity index (χ4v) is 5.30. The predicted octanol–water partition coefficient (Wildman–Crippen LogP) is 5.06. The molecule has 2 amide bonds. The van der Waals surface area contributed by atoms with E-state index in [0.29, 0.717) is 5.00 Å². The van der Waals surface area contributed by atoms with Gasteiger partial charge in [-0.3, -0.25) is 10.1 Å². The Morgan fingerprint density at radius 3 is 2.56 bits per heavy atom. The largest absolute Gasteiger partial charge is 0.369 e. The maximum absolute atomic E-state index is 13.2. The molecule has 6 heteroatoms. The van der Waals surface area contributed by atoms with Crippen molar-refractivity contribution in [3.63, 3.8) is 0 Å². The summed E-state index contributed by atoms with van der Waals surface area (Å²) in [6, 6.07) is -0.207. The summed E-state index contributed by atoms with van der Waals surface area (Å²) in [5.41, 5.74) is 1.90. The Bertz CT molecular complexity index is 760. The normalized spacial score (nSPS) is 25.5. The van der Waals surface area contributed by atoms with Crippen LogP contribution < -0.4 is 10.6 Å². The summed E-state index contributed by atoms with van der Waals surface area (Å²) < 4.78 is 6.06. The highest BCUT2D eigenvalue weighted by Crippen LogP contribution is 2.50. The Morgan fingerprint density at radius 2 is 1.93 bits per heavy atom. The smallest absolute Gasteiger partial charge is 0.320 e. The predicted molar refractivity (Wildman–Crippen MR) is 108 cm³/mol. The number of carbonyl (C=O) groups excluding carboxylic acids is 2. The highest BCUT2D eigenvalue weighted by atomic mass is 32.1. The van der Waals surface area contributed by atoms with Gasteiger partial charge in [0.2, 0.25) is 0 Å². The van der Waals surface area contributed by atoms with Gasteiger partial charge in [0.25, 0.3) is 0 Å². The molecule has 3 heterocycles. The Morgan fingerprint density at radius 1 is 1.19 bits per heavy atom. The third kappa shape index (κ3) is 3.54. The van der Waals surface area contributed by atoms with Crippen LogP contribution >= 0.6 is 11.3 Å². The van der Waals surface area contributed by atoms with Crippen LogP contribution in [0.4, 0.5) is 9.80 Å². The molecule has 1 saturated carbocycles. The second kappa shape index (κ2) is 6.89. The Labute approximate surface area is 165 Å². The van der Waals surface area contributed by atoms with Crippen molar-refractivity contribution in [2.45, 2.75) is 84.5 Å². The van der Waals surface area contributed by atoms with Gasteiger partial charge < -0.3 is 10.1 Å². The van der Waals surface area contributed by atoms with Crippen molar-refractivity contribution in [2.24, 2.45) is 11.3 Å². The highest BCUT2D eigenvalue weighted by molar-refractivity contribution is 7.17. The third-order valence-electron chi connectivity index (χ3n) is 6.47. The standard InChI is InChI=1S/C21H30N2O3S/c1-11(21(2,3)4)22-20(25)23-19-16(17(24)12-6-5-7-12)14-10-13-8-9-15(26-13)18(14)27-19/h11-13,15H,5-10H2,1-4H3,(H2,22,23,25). The first-order chi connectivity index (χ1) is 12.7. The van der Waals surface area contributed by atoms with Crippen molar-refractivity contribution >= 4 is 28.2 Å². The van der Waals surface area contributed by atoms with Gasteiger partial charge in [0.1, 0.15) is 5.00 Å². The van der Waals surface area contributed by atoms with Crippen LogP contribution in [0, 0.1) is 11.3 Å². The summed E-state index contributed by atoms with van der Waals surface area (Å²) >= 11 is 1.55. The van der Waals surface area contributed by atoms with Gasteiger partial charge >= 0.3 is 6.03 Å². The number of fused-ring (bicyclic) bond motifs is 4. The van der Waals surface area contributed by atoms with E-state index in [4.69, 9.17) is 4.74 Å². The van der Waals surface area contributed by atoms with Crippen LogP contribution in [0.1, 0.15) is 86.7 Å². The van der Waals surface area contributed by atoms with Gasteiger partial charge in [-0.2, -0.15) is 0 Å². The van der Waals surface area contributed by atoms with Crippen molar-refractivity contribution in [1.82, 2.24) is 5.32 Å². The van der Waals surface area contributed by atoms with Crippen LogP contribution in [-0.2, 0) is 11.2 Å². The van der Waals surface area contributed by atoms with Crippen LogP contribution in [-0.4, -0.2) is 24.0 Å². The minimum atomic E-state index is -0.232. The van der Waals surface area contributed by atoms with Crippen LogP contribution in [0.25, 0.3) is 0 Å². The van der Waals surface area contributed by atoms with E-state index >= 15 is 0 Å². The summed E-state index contributed by atoms with van der Waals surface area (Å²) in [5, 5.41) is 6.74. The van der Waals surface area contributed by atoms with Crippen molar-refractivity contribution in [2.75, 3.05) is 5.32 Å². The highest BCUT2D eigenvalue weighted by Gasteiger charge is 2.41. The molecule has 0 spiro atoms. The molecule has 4 rings (SSSR count). The lowest BCUT2D eigenvalue weighted by molar-refractivity contribution is 0.0347. The van der Waals surface area contributed by atoms with Crippen molar-refractivity contribution in [3.05, 3.63) is 16.0 Å². The third-order valence-corrected chi connectivity index (χ3v) is 7.71.